The highest BCUT2D eigenvalue weighted by Crippen LogP contribution is 1.90. The molecule has 1 heterocycles. The zero-order chi connectivity index (χ0) is 9.07. The van der Waals surface area contributed by atoms with Crippen molar-refractivity contribution in [1.82, 2.24) is 5.32 Å². The van der Waals surface area contributed by atoms with Gasteiger partial charge in [-0.3, -0.25) is 4.59 Å². The highest BCUT2D eigenvalue weighted by molar-refractivity contribution is 5.74. The third-order valence-corrected chi connectivity index (χ3v) is 0.693. The molecule has 0 aliphatic carbocycles. The molecule has 0 aromatic rings. The fourth-order valence-corrected chi connectivity index (χ4v) is 0.226. The molecule has 3 N–H and O–H groups in total. The molecule has 1 atom stereocenters. The van der Waals surface area contributed by atoms with Crippen molar-refractivity contribution in [2.24, 2.45) is 5.84 Å². The number of nitrogens with one attached hydrogen (secondary N) is 1. The predicted octanol–water partition coefficient (Wildman–Crippen LogP) is -2.73. The van der Waals surface area contributed by atoms with E-state index < -0.39 is 5.97 Å². The van der Waals surface area contributed by atoms with Gasteiger partial charge in [0.2, 0.25) is 0 Å². The second-order valence-electron chi connectivity index (χ2n) is 3.40. The minimum Gasteiger partial charge on any atom is -0.548 e. The van der Waals surface area contributed by atoms with Crippen molar-refractivity contribution in [2.75, 3.05) is 27.7 Å². The summed E-state index contributed by atoms with van der Waals surface area (Å²) in [5.41, 5.74) is 0. The quantitative estimate of drug-likeness (QED) is 0.189. The summed E-state index contributed by atoms with van der Waals surface area (Å²) in [4.78, 5) is 9.59. The zero-order valence-electron chi connectivity index (χ0n) is 7.13. The molecule has 5 heteroatoms. The third-order valence-electron chi connectivity index (χ3n) is 0.693. The average Bonchev–Trinajstić information content (AvgIpc) is 2.34. The molecule has 1 aliphatic rings. The smallest absolute Gasteiger partial charge is 0.0851 e. The lowest BCUT2D eigenvalue weighted by Crippen LogP contribution is -2.41. The fraction of sp³-hybridized carbons (Fsp3) is 0.833. The van der Waals surface area contributed by atoms with E-state index in [9.17, 15) is 9.90 Å². The van der Waals surface area contributed by atoms with Crippen molar-refractivity contribution < 1.29 is 14.5 Å². The number of quaternary nitrogens is 1. The van der Waals surface area contributed by atoms with Crippen LogP contribution in [0.25, 0.3) is 0 Å². The Bertz CT molecular complexity index is 131. The van der Waals surface area contributed by atoms with E-state index in [1.165, 1.54) is 0 Å². The minimum atomic E-state index is -0.991. The van der Waals surface area contributed by atoms with Gasteiger partial charge >= 0.3 is 0 Å². The van der Waals surface area contributed by atoms with Crippen molar-refractivity contribution >= 4 is 5.97 Å². The van der Waals surface area contributed by atoms with E-state index in [1.807, 2.05) is 21.1 Å². The molecule has 0 aromatic carbocycles. The molecule has 0 bridgehead atoms. The van der Waals surface area contributed by atoms with Crippen LogP contribution >= 0.6 is 0 Å². The summed E-state index contributed by atoms with van der Waals surface area (Å²) in [6.07, 6.45) is 0. The molecule has 11 heavy (non-hydrogen) atoms. The summed E-state index contributed by atoms with van der Waals surface area (Å²) >= 11 is 0. The van der Waals surface area contributed by atoms with Crippen LogP contribution in [0.1, 0.15) is 0 Å². The number of carboxylic acids is 1. The summed E-state index contributed by atoms with van der Waals surface area (Å²) in [6, 6.07) is -0.343. The van der Waals surface area contributed by atoms with E-state index in [0.29, 0.717) is 11.1 Å². The maximum Gasteiger partial charge on any atom is 0.0851 e. The van der Waals surface area contributed by atoms with Gasteiger partial charge < -0.3 is 15.2 Å². The van der Waals surface area contributed by atoms with Gasteiger partial charge in [-0.2, -0.15) is 5.84 Å². The predicted molar refractivity (Wildman–Crippen MR) is 39.0 cm³/mol. The zero-order valence-corrected chi connectivity index (χ0v) is 7.13. The first-order valence-corrected chi connectivity index (χ1v) is 3.35. The van der Waals surface area contributed by atoms with E-state index in [2.05, 4.69) is 5.32 Å². The van der Waals surface area contributed by atoms with Crippen molar-refractivity contribution in [3.8, 4) is 0 Å². The van der Waals surface area contributed by atoms with Gasteiger partial charge in [-0.05, 0) is 0 Å². The first-order chi connectivity index (χ1) is 4.80. The van der Waals surface area contributed by atoms with Crippen molar-refractivity contribution in [3.05, 3.63) is 0 Å². The SMILES string of the molecule is C[N+](C)(C)N.O=C([O-])C1CN1. The lowest BCUT2D eigenvalue weighted by atomic mass is 10.5. The Morgan fingerprint density at radius 1 is 1.64 bits per heavy atom. The van der Waals surface area contributed by atoms with Crippen LogP contribution in [0.3, 0.4) is 0 Å². The molecule has 1 unspecified atom stereocenters. The van der Waals surface area contributed by atoms with Crippen LogP contribution in [0.15, 0.2) is 0 Å². The van der Waals surface area contributed by atoms with E-state index in [4.69, 9.17) is 5.84 Å². The summed E-state index contributed by atoms with van der Waals surface area (Å²) in [6.45, 7) is 0.586. The highest BCUT2D eigenvalue weighted by Gasteiger charge is 2.19. The molecular weight excluding hydrogens is 146 g/mol. The maximum atomic E-state index is 9.59. The Morgan fingerprint density at radius 2 is 1.91 bits per heavy atom. The van der Waals surface area contributed by atoms with Gasteiger partial charge in [0, 0.05) is 6.54 Å². The number of hydrogen-bond donors (Lipinski definition) is 2. The van der Waals surface area contributed by atoms with Gasteiger partial charge in [0.05, 0.1) is 33.2 Å². The molecule has 0 saturated carbocycles. The normalized spacial score (nSPS) is 21.6. The van der Waals surface area contributed by atoms with Gasteiger partial charge in [-0.1, -0.05) is 0 Å². The Labute approximate surface area is 66.3 Å². The lowest BCUT2D eigenvalue weighted by Gasteiger charge is -2.12. The van der Waals surface area contributed by atoms with E-state index in [1.54, 1.807) is 0 Å². The van der Waals surface area contributed by atoms with Crippen LogP contribution in [0.5, 0.6) is 0 Å². The summed E-state index contributed by atoms with van der Waals surface area (Å²) < 4.78 is 0.500. The monoisotopic (exact) mass is 161 g/mol. The van der Waals surface area contributed by atoms with Crippen molar-refractivity contribution in [2.45, 2.75) is 6.04 Å². The maximum absolute atomic E-state index is 9.59. The van der Waals surface area contributed by atoms with E-state index in [0.717, 1.165) is 0 Å². The number of rotatable bonds is 1. The summed E-state index contributed by atoms with van der Waals surface area (Å²) in [7, 11) is 5.71. The molecule has 0 spiro atoms. The molecule has 0 aromatic heterocycles. The number of hydrogen-bond acceptors (Lipinski definition) is 4. The number of aliphatic carboxylic acids is 1. The summed E-state index contributed by atoms with van der Waals surface area (Å²) in [5, 5.41) is 12.2. The molecule has 1 aliphatic heterocycles. The van der Waals surface area contributed by atoms with Gasteiger partial charge in [-0.15, -0.1) is 0 Å². The molecule has 0 amide bonds. The number of carboxylic acid groups (broad SMARTS) is 1. The fourth-order valence-electron chi connectivity index (χ4n) is 0.226. The number of nitrogens with two attached hydrogens (primary N) is 1. The molecule has 5 nitrogen and oxygen atoms in total. The first-order valence-electron chi connectivity index (χ1n) is 3.35. The van der Waals surface area contributed by atoms with Crippen molar-refractivity contribution in [1.29, 1.82) is 0 Å². The Hall–Kier alpha value is -0.650. The largest absolute Gasteiger partial charge is 0.548 e. The minimum absolute atomic E-state index is 0.343. The Balaban J connectivity index is 0.000000187. The van der Waals surface area contributed by atoms with Crippen LogP contribution in [-0.4, -0.2) is 44.3 Å². The average molecular weight is 161 g/mol. The molecule has 1 saturated heterocycles. The second kappa shape index (κ2) is 3.66. The van der Waals surface area contributed by atoms with E-state index >= 15 is 0 Å². The molecule has 1 rings (SSSR count). The van der Waals surface area contributed by atoms with Gasteiger partial charge in [0.25, 0.3) is 0 Å². The standard InChI is InChI=1S/C3H11N2.C3H5NO2/c1-5(2,3)4;5-3(6)2-1-4-2/h4H2,1-3H3;2,4H,1H2,(H,5,6)/q+1;/p-1. The van der Waals surface area contributed by atoms with Crippen LogP contribution < -0.4 is 16.3 Å². The Kier molecular flexibility index (Phi) is 3.44. The molecule has 1 fully saturated rings. The topological polar surface area (TPSA) is 88.1 Å². The van der Waals surface area contributed by atoms with Gasteiger partial charge in [-0.25, -0.2) is 0 Å². The lowest BCUT2D eigenvalue weighted by molar-refractivity contribution is -0.882. The van der Waals surface area contributed by atoms with Gasteiger partial charge in [0.15, 0.2) is 0 Å². The summed E-state index contributed by atoms with van der Waals surface area (Å²) in [5.74, 6) is 4.30. The van der Waals surface area contributed by atoms with Crippen LogP contribution in [0.2, 0.25) is 0 Å². The third kappa shape index (κ3) is 12.5. The Morgan fingerprint density at radius 3 is 1.91 bits per heavy atom. The van der Waals surface area contributed by atoms with Crippen LogP contribution in [0, 0.1) is 0 Å². The first kappa shape index (κ1) is 10.3. The van der Waals surface area contributed by atoms with E-state index in [-0.39, 0.29) is 6.04 Å². The number of carbonyl (C=O) groups excluding carboxylic acids is 1. The number of carbonyl (C=O) groups is 1. The van der Waals surface area contributed by atoms with Crippen LogP contribution in [-0.2, 0) is 4.79 Å². The molecule has 0 radical (unpaired) electrons. The second-order valence-corrected chi connectivity index (χ2v) is 3.40. The van der Waals surface area contributed by atoms with Gasteiger partial charge in [0.1, 0.15) is 0 Å². The molecular formula is C6H15N3O2. The number of nitrogens with zero attached hydrogens (tertiary/aromatic N) is 1. The molecule has 66 valence electrons. The van der Waals surface area contributed by atoms with Crippen LogP contribution in [0.4, 0.5) is 0 Å². The van der Waals surface area contributed by atoms with Crippen molar-refractivity contribution in [3.63, 3.8) is 0 Å². The highest BCUT2D eigenvalue weighted by atomic mass is 16.4.